The number of amides is 1. The molecule has 1 aromatic heterocycles. The second-order valence-corrected chi connectivity index (χ2v) is 4.71. The Kier molecular flexibility index (Phi) is 4.96. The van der Waals surface area contributed by atoms with Crippen molar-refractivity contribution in [3.8, 4) is 5.69 Å². The second-order valence-electron chi connectivity index (χ2n) is 4.71. The van der Waals surface area contributed by atoms with Crippen molar-refractivity contribution in [1.82, 2.24) is 9.88 Å². The van der Waals surface area contributed by atoms with Crippen LogP contribution in [-0.4, -0.2) is 24.2 Å². The summed E-state index contributed by atoms with van der Waals surface area (Å²) >= 11 is 0. The molecule has 1 unspecified atom stereocenters. The standard InChI is InChI=1S/C16H20N2O2/c1-13(17-16(19)9-12-20-2)14-5-7-15(8-6-14)18-10-3-4-11-18/h3-8,10-11,13H,9,12H2,1-2H3,(H,17,19). The first-order valence-corrected chi connectivity index (χ1v) is 6.72. The Balaban J connectivity index is 1.97. The van der Waals surface area contributed by atoms with E-state index in [1.807, 2.05) is 60.3 Å². The van der Waals surface area contributed by atoms with Crippen LogP contribution in [-0.2, 0) is 9.53 Å². The van der Waals surface area contributed by atoms with Crippen LogP contribution in [0.4, 0.5) is 0 Å². The van der Waals surface area contributed by atoms with Gasteiger partial charge < -0.3 is 14.6 Å². The van der Waals surface area contributed by atoms with Crippen LogP contribution >= 0.6 is 0 Å². The van der Waals surface area contributed by atoms with E-state index in [0.29, 0.717) is 13.0 Å². The van der Waals surface area contributed by atoms with Crippen molar-refractivity contribution < 1.29 is 9.53 Å². The van der Waals surface area contributed by atoms with E-state index in [1.165, 1.54) is 0 Å². The SMILES string of the molecule is COCCC(=O)NC(C)c1ccc(-n2cccc2)cc1. The molecule has 4 heteroatoms. The highest BCUT2D eigenvalue weighted by molar-refractivity contribution is 5.76. The van der Waals surface area contributed by atoms with Crippen LogP contribution < -0.4 is 5.32 Å². The zero-order valence-electron chi connectivity index (χ0n) is 11.9. The third-order valence-corrected chi connectivity index (χ3v) is 3.21. The molecule has 1 atom stereocenters. The number of methoxy groups -OCH3 is 1. The minimum Gasteiger partial charge on any atom is -0.384 e. The first-order chi connectivity index (χ1) is 9.70. The van der Waals surface area contributed by atoms with E-state index in [4.69, 9.17) is 4.74 Å². The largest absolute Gasteiger partial charge is 0.384 e. The molecule has 106 valence electrons. The molecular weight excluding hydrogens is 252 g/mol. The van der Waals surface area contributed by atoms with Crippen molar-refractivity contribution >= 4 is 5.91 Å². The lowest BCUT2D eigenvalue weighted by Crippen LogP contribution is -2.27. The maximum atomic E-state index is 11.6. The molecule has 0 bridgehead atoms. The molecule has 1 heterocycles. The third kappa shape index (κ3) is 3.71. The van der Waals surface area contributed by atoms with E-state index in [2.05, 4.69) is 5.32 Å². The molecule has 0 radical (unpaired) electrons. The molecule has 0 aliphatic rings. The molecule has 0 fully saturated rings. The molecule has 20 heavy (non-hydrogen) atoms. The number of hydrogen-bond acceptors (Lipinski definition) is 2. The third-order valence-electron chi connectivity index (χ3n) is 3.21. The normalized spacial score (nSPS) is 12.1. The van der Waals surface area contributed by atoms with Gasteiger partial charge in [-0.3, -0.25) is 4.79 Å². The zero-order valence-corrected chi connectivity index (χ0v) is 11.9. The lowest BCUT2D eigenvalue weighted by atomic mass is 10.1. The fraction of sp³-hybridized carbons (Fsp3) is 0.312. The van der Waals surface area contributed by atoms with E-state index in [-0.39, 0.29) is 11.9 Å². The smallest absolute Gasteiger partial charge is 0.222 e. The number of nitrogens with zero attached hydrogens (tertiary/aromatic N) is 1. The van der Waals surface area contributed by atoms with Crippen LogP contribution in [0.3, 0.4) is 0 Å². The number of carbonyl (C=O) groups excluding carboxylic acids is 1. The van der Waals surface area contributed by atoms with Gasteiger partial charge in [0.05, 0.1) is 12.6 Å². The zero-order chi connectivity index (χ0) is 14.4. The summed E-state index contributed by atoms with van der Waals surface area (Å²) in [5, 5.41) is 2.96. The Bertz CT molecular complexity index is 532. The number of aromatic nitrogens is 1. The summed E-state index contributed by atoms with van der Waals surface area (Å²) in [6.07, 6.45) is 4.40. The van der Waals surface area contributed by atoms with Gasteiger partial charge in [0.15, 0.2) is 0 Å². The molecule has 1 N–H and O–H groups in total. The number of carbonyl (C=O) groups is 1. The monoisotopic (exact) mass is 272 g/mol. The van der Waals surface area contributed by atoms with Crippen molar-refractivity contribution in [2.24, 2.45) is 0 Å². The minimum atomic E-state index is -0.00179. The lowest BCUT2D eigenvalue weighted by molar-refractivity contribution is -0.122. The van der Waals surface area contributed by atoms with Crippen LogP contribution in [0.15, 0.2) is 48.8 Å². The fourth-order valence-corrected chi connectivity index (χ4v) is 2.03. The summed E-state index contributed by atoms with van der Waals surface area (Å²) in [5.41, 5.74) is 2.20. The van der Waals surface area contributed by atoms with Gasteiger partial charge in [0.2, 0.25) is 5.91 Å². The van der Waals surface area contributed by atoms with Crippen LogP contribution in [0.2, 0.25) is 0 Å². The average molecular weight is 272 g/mol. The maximum Gasteiger partial charge on any atom is 0.222 e. The van der Waals surface area contributed by atoms with E-state index in [9.17, 15) is 4.79 Å². The number of nitrogens with one attached hydrogen (secondary N) is 1. The quantitative estimate of drug-likeness (QED) is 0.878. The molecule has 4 nitrogen and oxygen atoms in total. The predicted molar refractivity (Wildman–Crippen MR) is 78.8 cm³/mol. The predicted octanol–water partition coefficient (Wildman–Crippen LogP) is 2.69. The van der Waals surface area contributed by atoms with Gasteiger partial charge >= 0.3 is 0 Å². The van der Waals surface area contributed by atoms with Gasteiger partial charge in [-0.25, -0.2) is 0 Å². The number of hydrogen-bond donors (Lipinski definition) is 1. The van der Waals surface area contributed by atoms with E-state index in [1.54, 1.807) is 7.11 Å². The van der Waals surface area contributed by atoms with Crippen molar-refractivity contribution in [3.63, 3.8) is 0 Å². The van der Waals surface area contributed by atoms with Crippen molar-refractivity contribution in [2.75, 3.05) is 13.7 Å². The van der Waals surface area contributed by atoms with Gasteiger partial charge in [0.1, 0.15) is 0 Å². The lowest BCUT2D eigenvalue weighted by Gasteiger charge is -2.15. The van der Waals surface area contributed by atoms with Gasteiger partial charge in [-0.1, -0.05) is 12.1 Å². The molecule has 0 aliphatic carbocycles. The van der Waals surface area contributed by atoms with E-state index >= 15 is 0 Å². The average Bonchev–Trinajstić information content (AvgIpc) is 2.99. The van der Waals surface area contributed by atoms with Crippen LogP contribution in [0, 0.1) is 0 Å². The Morgan fingerprint density at radius 3 is 2.50 bits per heavy atom. The van der Waals surface area contributed by atoms with Crippen LogP contribution in [0.5, 0.6) is 0 Å². The topological polar surface area (TPSA) is 43.3 Å². The maximum absolute atomic E-state index is 11.6. The minimum absolute atomic E-state index is 0.00179. The van der Waals surface area contributed by atoms with Gasteiger partial charge in [-0.15, -0.1) is 0 Å². The summed E-state index contributed by atoms with van der Waals surface area (Å²) in [7, 11) is 1.59. The molecule has 1 amide bonds. The molecule has 0 saturated carbocycles. The first kappa shape index (κ1) is 14.3. The fourth-order valence-electron chi connectivity index (χ4n) is 2.03. The summed E-state index contributed by atoms with van der Waals surface area (Å²) < 4.78 is 6.94. The van der Waals surface area contributed by atoms with Crippen molar-refractivity contribution in [2.45, 2.75) is 19.4 Å². The van der Waals surface area contributed by atoms with E-state index < -0.39 is 0 Å². The first-order valence-electron chi connectivity index (χ1n) is 6.72. The highest BCUT2D eigenvalue weighted by atomic mass is 16.5. The van der Waals surface area contributed by atoms with Gasteiger partial charge in [0, 0.05) is 31.6 Å². The highest BCUT2D eigenvalue weighted by Crippen LogP contribution is 2.16. The number of benzene rings is 1. The van der Waals surface area contributed by atoms with Crippen molar-refractivity contribution in [3.05, 3.63) is 54.4 Å². The van der Waals surface area contributed by atoms with Crippen LogP contribution in [0.1, 0.15) is 24.9 Å². The Hall–Kier alpha value is -2.07. The molecule has 0 saturated heterocycles. The molecule has 1 aromatic carbocycles. The summed E-state index contributed by atoms with van der Waals surface area (Å²) in [5.74, 6) is 0.00818. The Morgan fingerprint density at radius 2 is 1.90 bits per heavy atom. The van der Waals surface area contributed by atoms with Crippen molar-refractivity contribution in [1.29, 1.82) is 0 Å². The number of rotatable bonds is 6. The number of ether oxygens (including phenoxy) is 1. The second kappa shape index (κ2) is 6.91. The highest BCUT2D eigenvalue weighted by Gasteiger charge is 2.09. The Labute approximate surface area is 119 Å². The van der Waals surface area contributed by atoms with Gasteiger partial charge in [-0.05, 0) is 36.8 Å². The molecule has 2 aromatic rings. The summed E-state index contributed by atoms with van der Waals surface area (Å²) in [4.78, 5) is 11.6. The van der Waals surface area contributed by atoms with Crippen LogP contribution in [0.25, 0.3) is 5.69 Å². The molecule has 0 aliphatic heterocycles. The molecule has 2 rings (SSSR count). The molecular formula is C16H20N2O2. The van der Waals surface area contributed by atoms with Gasteiger partial charge in [-0.2, -0.15) is 0 Å². The Morgan fingerprint density at radius 1 is 1.25 bits per heavy atom. The molecule has 0 spiro atoms. The summed E-state index contributed by atoms with van der Waals surface area (Å²) in [6.45, 7) is 2.43. The van der Waals surface area contributed by atoms with Gasteiger partial charge in [0.25, 0.3) is 0 Å². The summed E-state index contributed by atoms with van der Waals surface area (Å²) in [6, 6.07) is 12.2. The van der Waals surface area contributed by atoms with E-state index in [0.717, 1.165) is 11.3 Å².